The highest BCUT2D eigenvalue weighted by Crippen LogP contribution is 2.17. The molecule has 0 aliphatic carbocycles. The van der Waals surface area contributed by atoms with E-state index in [0.29, 0.717) is 18.8 Å². The van der Waals surface area contributed by atoms with Crippen molar-refractivity contribution >= 4 is 5.91 Å². The molecule has 3 rings (SSSR count). The molecule has 1 aromatic carbocycles. The van der Waals surface area contributed by atoms with Gasteiger partial charge < -0.3 is 14.6 Å². The zero-order chi connectivity index (χ0) is 13.9. The van der Waals surface area contributed by atoms with E-state index in [-0.39, 0.29) is 23.7 Å². The Morgan fingerprint density at radius 2 is 1.95 bits per heavy atom. The van der Waals surface area contributed by atoms with Crippen molar-refractivity contribution in [3.8, 4) is 5.75 Å². The molecule has 102 valence electrons. The van der Waals surface area contributed by atoms with Gasteiger partial charge in [-0.15, -0.1) is 0 Å². The number of carbonyl (C=O) groups is 1. The van der Waals surface area contributed by atoms with Gasteiger partial charge in [0, 0.05) is 25.4 Å². The molecule has 5 nitrogen and oxygen atoms in total. The Morgan fingerprint density at radius 3 is 2.75 bits per heavy atom. The van der Waals surface area contributed by atoms with Crippen LogP contribution in [-0.4, -0.2) is 17.0 Å². The standard InChI is InChI=1S/C15H14N2O3/c18-12-6-8-17-9-7-16-15(19)13(17)14(12)20-10-11-4-2-1-3-5-11/h1-6,8H,7,9-10H2,(H,16,19). The third kappa shape index (κ3) is 2.30. The van der Waals surface area contributed by atoms with Crippen LogP contribution in [0.25, 0.3) is 0 Å². The van der Waals surface area contributed by atoms with Crippen LogP contribution in [0.3, 0.4) is 0 Å². The van der Waals surface area contributed by atoms with Crippen molar-refractivity contribution in [2.75, 3.05) is 6.54 Å². The lowest BCUT2D eigenvalue weighted by Gasteiger charge is -2.21. The number of rotatable bonds is 3. The molecule has 0 bridgehead atoms. The number of pyridine rings is 1. The maximum absolute atomic E-state index is 11.9. The van der Waals surface area contributed by atoms with Gasteiger partial charge in [-0.25, -0.2) is 0 Å². The van der Waals surface area contributed by atoms with E-state index in [0.717, 1.165) is 5.56 Å². The van der Waals surface area contributed by atoms with Crippen LogP contribution in [0.1, 0.15) is 16.1 Å². The molecule has 0 saturated carbocycles. The molecule has 0 unspecified atom stereocenters. The second kappa shape index (κ2) is 5.21. The van der Waals surface area contributed by atoms with Gasteiger partial charge >= 0.3 is 0 Å². The molecule has 1 aromatic heterocycles. The van der Waals surface area contributed by atoms with Crippen molar-refractivity contribution in [2.24, 2.45) is 0 Å². The van der Waals surface area contributed by atoms with Crippen LogP contribution < -0.4 is 15.5 Å². The summed E-state index contributed by atoms with van der Waals surface area (Å²) in [6, 6.07) is 11.0. The molecule has 0 fully saturated rings. The zero-order valence-electron chi connectivity index (χ0n) is 10.8. The summed E-state index contributed by atoms with van der Waals surface area (Å²) in [6.45, 7) is 1.47. The van der Waals surface area contributed by atoms with Gasteiger partial charge in [-0.05, 0) is 5.56 Å². The van der Waals surface area contributed by atoms with Crippen LogP contribution in [0.2, 0.25) is 0 Å². The third-order valence-electron chi connectivity index (χ3n) is 3.21. The second-order valence-corrected chi connectivity index (χ2v) is 4.58. The van der Waals surface area contributed by atoms with Gasteiger partial charge in [-0.2, -0.15) is 0 Å². The van der Waals surface area contributed by atoms with Gasteiger partial charge in [-0.3, -0.25) is 9.59 Å². The molecule has 0 atom stereocenters. The highest BCUT2D eigenvalue weighted by molar-refractivity contribution is 5.95. The SMILES string of the molecule is O=C1NCCn2ccc(=O)c(OCc3ccccc3)c21. The first-order valence-electron chi connectivity index (χ1n) is 6.44. The first-order valence-corrected chi connectivity index (χ1v) is 6.44. The normalized spacial score (nSPS) is 13.5. The Bertz CT molecular complexity index is 692. The Balaban J connectivity index is 1.93. The lowest BCUT2D eigenvalue weighted by molar-refractivity contribution is 0.0919. The molecular weight excluding hydrogens is 256 g/mol. The summed E-state index contributed by atoms with van der Waals surface area (Å²) in [6.07, 6.45) is 1.63. The number of benzene rings is 1. The molecule has 1 amide bonds. The molecule has 1 N–H and O–H groups in total. The van der Waals surface area contributed by atoms with Gasteiger partial charge in [0.1, 0.15) is 6.61 Å². The third-order valence-corrected chi connectivity index (χ3v) is 3.21. The Kier molecular flexibility index (Phi) is 3.25. The van der Waals surface area contributed by atoms with Crippen LogP contribution in [0.5, 0.6) is 5.75 Å². The highest BCUT2D eigenvalue weighted by atomic mass is 16.5. The van der Waals surface area contributed by atoms with E-state index < -0.39 is 0 Å². The molecular formula is C15H14N2O3. The smallest absolute Gasteiger partial charge is 0.271 e. The van der Waals surface area contributed by atoms with E-state index in [2.05, 4.69) is 5.32 Å². The number of fused-ring (bicyclic) bond motifs is 1. The van der Waals surface area contributed by atoms with Crippen LogP contribution in [0, 0.1) is 0 Å². The van der Waals surface area contributed by atoms with E-state index in [4.69, 9.17) is 4.74 Å². The van der Waals surface area contributed by atoms with Gasteiger partial charge in [0.05, 0.1) is 0 Å². The fraction of sp³-hybridized carbons (Fsp3) is 0.200. The minimum atomic E-state index is -0.274. The monoisotopic (exact) mass is 270 g/mol. The van der Waals surface area contributed by atoms with Crippen molar-refractivity contribution < 1.29 is 9.53 Å². The summed E-state index contributed by atoms with van der Waals surface area (Å²) in [5.74, 6) is -0.148. The summed E-state index contributed by atoms with van der Waals surface area (Å²) in [5.41, 5.74) is 0.981. The summed E-state index contributed by atoms with van der Waals surface area (Å²) in [7, 11) is 0. The van der Waals surface area contributed by atoms with E-state index in [1.54, 1.807) is 10.8 Å². The molecule has 2 heterocycles. The topological polar surface area (TPSA) is 60.3 Å². The molecule has 2 aromatic rings. The number of nitrogens with zero attached hydrogens (tertiary/aromatic N) is 1. The van der Waals surface area contributed by atoms with Gasteiger partial charge in [0.15, 0.2) is 11.4 Å². The average Bonchev–Trinajstić information content (AvgIpc) is 2.48. The second-order valence-electron chi connectivity index (χ2n) is 4.58. The first kappa shape index (κ1) is 12.5. The predicted octanol–water partition coefficient (Wildman–Crippen LogP) is 1.17. The van der Waals surface area contributed by atoms with Crippen LogP contribution in [-0.2, 0) is 13.2 Å². The molecule has 0 saturated heterocycles. The fourth-order valence-corrected chi connectivity index (χ4v) is 2.22. The van der Waals surface area contributed by atoms with Crippen LogP contribution in [0.15, 0.2) is 47.4 Å². The van der Waals surface area contributed by atoms with Gasteiger partial charge in [0.2, 0.25) is 5.43 Å². The number of aromatic nitrogens is 1. The van der Waals surface area contributed by atoms with E-state index in [9.17, 15) is 9.59 Å². The number of amides is 1. The van der Waals surface area contributed by atoms with E-state index >= 15 is 0 Å². The van der Waals surface area contributed by atoms with Crippen molar-refractivity contribution in [1.29, 1.82) is 0 Å². The van der Waals surface area contributed by atoms with Crippen LogP contribution in [0.4, 0.5) is 0 Å². The van der Waals surface area contributed by atoms with Crippen molar-refractivity contribution in [2.45, 2.75) is 13.2 Å². The Morgan fingerprint density at radius 1 is 1.15 bits per heavy atom. The minimum Gasteiger partial charge on any atom is -0.483 e. The number of hydrogen-bond donors (Lipinski definition) is 1. The molecule has 20 heavy (non-hydrogen) atoms. The largest absolute Gasteiger partial charge is 0.483 e. The Labute approximate surface area is 115 Å². The van der Waals surface area contributed by atoms with Crippen LogP contribution >= 0.6 is 0 Å². The highest BCUT2D eigenvalue weighted by Gasteiger charge is 2.22. The summed E-state index contributed by atoms with van der Waals surface area (Å²) >= 11 is 0. The van der Waals surface area contributed by atoms with Crippen molar-refractivity contribution in [3.05, 3.63) is 64.1 Å². The van der Waals surface area contributed by atoms with E-state index in [1.807, 2.05) is 30.3 Å². The number of ether oxygens (including phenoxy) is 1. The number of carbonyl (C=O) groups excluding carboxylic acids is 1. The number of hydrogen-bond acceptors (Lipinski definition) is 3. The molecule has 0 spiro atoms. The summed E-state index contributed by atoms with van der Waals surface area (Å²) in [5, 5.41) is 2.73. The first-order chi connectivity index (χ1) is 9.75. The molecule has 1 aliphatic rings. The van der Waals surface area contributed by atoms with Gasteiger partial charge in [-0.1, -0.05) is 30.3 Å². The van der Waals surface area contributed by atoms with Crippen molar-refractivity contribution in [3.63, 3.8) is 0 Å². The minimum absolute atomic E-state index is 0.119. The maximum Gasteiger partial charge on any atom is 0.271 e. The predicted molar refractivity (Wildman–Crippen MR) is 73.8 cm³/mol. The zero-order valence-corrected chi connectivity index (χ0v) is 10.8. The quantitative estimate of drug-likeness (QED) is 0.910. The number of nitrogens with one attached hydrogen (secondary N) is 1. The molecule has 0 radical (unpaired) electrons. The lowest BCUT2D eigenvalue weighted by Crippen LogP contribution is -2.37. The fourth-order valence-electron chi connectivity index (χ4n) is 2.22. The summed E-state index contributed by atoms with van der Waals surface area (Å²) < 4.78 is 7.35. The summed E-state index contributed by atoms with van der Waals surface area (Å²) in [4.78, 5) is 23.9. The maximum atomic E-state index is 11.9. The Hall–Kier alpha value is -2.56. The van der Waals surface area contributed by atoms with Crippen molar-refractivity contribution in [1.82, 2.24) is 9.88 Å². The van der Waals surface area contributed by atoms with E-state index in [1.165, 1.54) is 6.07 Å². The van der Waals surface area contributed by atoms with Gasteiger partial charge in [0.25, 0.3) is 5.91 Å². The molecule has 5 heteroatoms. The lowest BCUT2D eigenvalue weighted by atomic mass is 10.2. The average molecular weight is 270 g/mol. The molecule has 1 aliphatic heterocycles.